The second kappa shape index (κ2) is 11.4. The number of morpholine rings is 1. The second-order valence-corrected chi connectivity index (χ2v) is 9.62. The van der Waals surface area contributed by atoms with Gasteiger partial charge in [0.2, 0.25) is 18.5 Å². The van der Waals surface area contributed by atoms with Crippen LogP contribution >= 0.6 is 0 Å². The van der Waals surface area contributed by atoms with Crippen LogP contribution in [0.2, 0.25) is 0 Å². The Morgan fingerprint density at radius 2 is 1.91 bits per heavy atom. The minimum atomic E-state index is -4.75. The van der Waals surface area contributed by atoms with Gasteiger partial charge in [0, 0.05) is 24.7 Å². The topological polar surface area (TPSA) is 110 Å². The van der Waals surface area contributed by atoms with Gasteiger partial charge in [-0.15, -0.1) is 0 Å². The highest BCUT2D eigenvalue weighted by Gasteiger charge is 2.35. The van der Waals surface area contributed by atoms with Gasteiger partial charge in [0.15, 0.2) is 18.2 Å². The summed E-state index contributed by atoms with van der Waals surface area (Å²) in [6.07, 6.45) is -1.81. The number of imidazole rings is 1. The molecule has 0 aliphatic carbocycles. The third-order valence-electron chi connectivity index (χ3n) is 6.75. The maximum Gasteiger partial charge on any atom is 0.417 e. The number of nitrogens with one attached hydrogen (secondary N) is 1. The standard InChI is InChI=1S/C28H21F5N6O4/c29-21-3-1-2-19(26(21)30)27-35-23-12-34-39(14-24(23)36-27)13-17-11-22(37-43-17)18-5-4-16(10-20(18)28(31,32)33)42-15-25(40)38-6-8-41-9-7-38/h1-5,10-12,14H,6-9,13,15H2/p+1. The quantitative estimate of drug-likeness (QED) is 0.221. The summed E-state index contributed by atoms with van der Waals surface area (Å²) in [5.74, 6) is -2.22. The van der Waals surface area contributed by atoms with Crippen LogP contribution in [0.15, 0.2) is 59.4 Å². The fraction of sp³-hybridized carbons (Fsp3) is 0.250. The van der Waals surface area contributed by atoms with E-state index >= 15 is 0 Å². The third-order valence-corrected chi connectivity index (χ3v) is 6.75. The number of carbonyl (C=O) groups excluding carboxylic acids is 1. The van der Waals surface area contributed by atoms with Crippen molar-refractivity contribution >= 4 is 16.9 Å². The molecular weight excluding hydrogens is 579 g/mol. The van der Waals surface area contributed by atoms with Crippen molar-refractivity contribution in [3.8, 4) is 28.4 Å². The van der Waals surface area contributed by atoms with E-state index in [1.54, 1.807) is 0 Å². The molecule has 43 heavy (non-hydrogen) atoms. The van der Waals surface area contributed by atoms with Gasteiger partial charge in [-0.3, -0.25) is 4.79 Å². The summed E-state index contributed by atoms with van der Waals surface area (Å²) in [4.78, 5) is 21.0. The first kappa shape index (κ1) is 28.2. The lowest BCUT2D eigenvalue weighted by molar-refractivity contribution is -0.746. The number of aromatic amines is 1. The van der Waals surface area contributed by atoms with Gasteiger partial charge in [-0.25, -0.2) is 13.8 Å². The lowest BCUT2D eigenvalue weighted by Crippen LogP contribution is -2.42. The summed E-state index contributed by atoms with van der Waals surface area (Å²) in [7, 11) is 0. The van der Waals surface area contributed by atoms with E-state index in [1.807, 2.05) is 0 Å². The van der Waals surface area contributed by atoms with Crippen molar-refractivity contribution in [3.63, 3.8) is 0 Å². The Morgan fingerprint density at radius 3 is 2.70 bits per heavy atom. The molecule has 0 spiro atoms. The number of rotatable bonds is 7. The SMILES string of the molecule is O=C(COc1ccc(-c2cc(C[n+]3cc4[nH]c(-c5cccc(F)c5F)nc4cn3)on2)c(C(F)(F)F)c1)N1CCOCC1. The zero-order valence-electron chi connectivity index (χ0n) is 22.2. The molecule has 1 fully saturated rings. The van der Waals surface area contributed by atoms with E-state index < -0.39 is 30.0 Å². The summed E-state index contributed by atoms with van der Waals surface area (Å²) in [6, 6.07) is 8.44. The molecule has 0 atom stereocenters. The van der Waals surface area contributed by atoms with Gasteiger partial charge >= 0.3 is 6.18 Å². The monoisotopic (exact) mass is 601 g/mol. The van der Waals surface area contributed by atoms with Crippen molar-refractivity contribution < 1.29 is 45.4 Å². The number of amides is 1. The largest absolute Gasteiger partial charge is 0.484 e. The fourth-order valence-corrected chi connectivity index (χ4v) is 4.60. The zero-order chi connectivity index (χ0) is 30.1. The number of fused-ring (bicyclic) bond motifs is 1. The number of benzene rings is 2. The Balaban J connectivity index is 1.19. The van der Waals surface area contributed by atoms with Crippen molar-refractivity contribution in [2.75, 3.05) is 32.9 Å². The van der Waals surface area contributed by atoms with Crippen LogP contribution in [-0.2, 0) is 22.3 Å². The van der Waals surface area contributed by atoms with E-state index in [4.69, 9.17) is 14.0 Å². The Labute approximate surface area is 239 Å². The summed E-state index contributed by atoms with van der Waals surface area (Å²) < 4.78 is 87.2. The predicted molar refractivity (Wildman–Crippen MR) is 138 cm³/mol. The Bertz CT molecular complexity index is 1800. The van der Waals surface area contributed by atoms with Crippen molar-refractivity contribution in [1.29, 1.82) is 0 Å². The minimum absolute atomic E-state index is 0.00217. The van der Waals surface area contributed by atoms with Crippen LogP contribution in [0, 0.1) is 11.6 Å². The van der Waals surface area contributed by atoms with Gasteiger partial charge < -0.3 is 23.9 Å². The molecule has 4 heterocycles. The minimum Gasteiger partial charge on any atom is -0.484 e. The maximum atomic E-state index is 14.2. The van der Waals surface area contributed by atoms with Gasteiger partial charge in [-0.1, -0.05) is 15.9 Å². The number of H-pyrrole nitrogens is 1. The first-order valence-electron chi connectivity index (χ1n) is 13.0. The molecule has 5 aromatic rings. The van der Waals surface area contributed by atoms with Gasteiger partial charge in [0.25, 0.3) is 5.91 Å². The highest BCUT2D eigenvalue weighted by atomic mass is 19.4. The summed E-state index contributed by atoms with van der Waals surface area (Å²) in [6.45, 7) is 1.16. The highest BCUT2D eigenvalue weighted by Crippen LogP contribution is 2.39. The Kier molecular flexibility index (Phi) is 7.48. The fourth-order valence-electron chi connectivity index (χ4n) is 4.60. The maximum absolute atomic E-state index is 14.2. The zero-order valence-corrected chi connectivity index (χ0v) is 22.2. The number of nitrogens with zero attached hydrogens (tertiary/aromatic N) is 5. The molecular formula is C28H22F5N6O4+. The third kappa shape index (κ3) is 6.02. The Morgan fingerprint density at radius 1 is 1.09 bits per heavy atom. The van der Waals surface area contributed by atoms with Gasteiger partial charge in [0.1, 0.15) is 34.5 Å². The number of aromatic nitrogens is 5. The summed E-state index contributed by atoms with van der Waals surface area (Å²) in [5.41, 5.74) is -0.524. The Hall–Kier alpha value is -4.92. The molecule has 222 valence electrons. The normalized spacial score (nSPS) is 13.9. The molecule has 15 heteroatoms. The molecule has 0 bridgehead atoms. The van der Waals surface area contributed by atoms with E-state index in [-0.39, 0.29) is 46.6 Å². The smallest absolute Gasteiger partial charge is 0.417 e. The van der Waals surface area contributed by atoms with Crippen molar-refractivity contribution in [3.05, 3.63) is 77.8 Å². The number of hydrogen-bond acceptors (Lipinski definition) is 7. The predicted octanol–water partition coefficient (Wildman–Crippen LogP) is 4.15. The van der Waals surface area contributed by atoms with Crippen LogP contribution in [0.4, 0.5) is 22.0 Å². The molecule has 3 aromatic heterocycles. The average molecular weight is 602 g/mol. The number of ether oxygens (including phenoxy) is 2. The van der Waals surface area contributed by atoms with Crippen LogP contribution in [0.5, 0.6) is 5.75 Å². The van der Waals surface area contributed by atoms with Crippen LogP contribution in [0.25, 0.3) is 33.7 Å². The summed E-state index contributed by atoms with van der Waals surface area (Å²) >= 11 is 0. The van der Waals surface area contributed by atoms with E-state index in [0.717, 1.165) is 12.1 Å². The molecule has 10 nitrogen and oxygen atoms in total. The van der Waals surface area contributed by atoms with Crippen LogP contribution in [0.3, 0.4) is 0 Å². The van der Waals surface area contributed by atoms with E-state index in [9.17, 15) is 26.7 Å². The number of halogens is 5. The first-order chi connectivity index (χ1) is 20.7. The van der Waals surface area contributed by atoms with Crippen molar-refractivity contribution in [1.82, 2.24) is 25.1 Å². The van der Waals surface area contributed by atoms with E-state index in [0.29, 0.717) is 37.3 Å². The molecule has 1 aliphatic heterocycles. The molecule has 0 unspecified atom stereocenters. The van der Waals surface area contributed by atoms with Gasteiger partial charge in [-0.2, -0.15) is 13.2 Å². The highest BCUT2D eigenvalue weighted by molar-refractivity contribution is 5.78. The van der Waals surface area contributed by atoms with Gasteiger partial charge in [-0.05, 0) is 35.4 Å². The molecule has 1 amide bonds. The van der Waals surface area contributed by atoms with Crippen LogP contribution < -0.4 is 9.42 Å². The molecule has 0 radical (unpaired) electrons. The molecule has 1 N–H and O–H groups in total. The van der Waals surface area contributed by atoms with Crippen molar-refractivity contribution in [2.45, 2.75) is 12.7 Å². The molecule has 1 aliphatic rings. The molecule has 1 saturated heterocycles. The molecule has 6 rings (SSSR count). The molecule has 2 aromatic carbocycles. The van der Waals surface area contributed by atoms with Crippen molar-refractivity contribution in [2.24, 2.45) is 0 Å². The average Bonchev–Trinajstić information content (AvgIpc) is 3.64. The van der Waals surface area contributed by atoms with Crippen LogP contribution in [-0.4, -0.2) is 63.9 Å². The van der Waals surface area contributed by atoms with E-state index in [2.05, 4.69) is 20.2 Å². The van der Waals surface area contributed by atoms with Crippen LogP contribution in [0.1, 0.15) is 11.3 Å². The summed E-state index contributed by atoms with van der Waals surface area (Å²) in [5, 5.41) is 8.03. The van der Waals surface area contributed by atoms with E-state index in [1.165, 1.54) is 52.3 Å². The lowest BCUT2D eigenvalue weighted by Gasteiger charge is -2.26. The molecule has 0 saturated carbocycles. The number of carbonyl (C=O) groups is 1. The number of alkyl halides is 3. The number of hydrogen-bond donors (Lipinski definition) is 1. The second-order valence-electron chi connectivity index (χ2n) is 9.62. The first-order valence-corrected chi connectivity index (χ1v) is 13.0. The lowest BCUT2D eigenvalue weighted by atomic mass is 10.0. The van der Waals surface area contributed by atoms with Gasteiger partial charge in [0.05, 0.1) is 24.3 Å².